The molecule has 5 rings (SSSR count). The molecule has 0 amide bonds. The maximum atomic E-state index is 14.0. The fourth-order valence-electron chi connectivity index (χ4n) is 4.04. The van der Waals surface area contributed by atoms with Crippen molar-refractivity contribution >= 4 is 22.5 Å². The summed E-state index contributed by atoms with van der Waals surface area (Å²) in [6.07, 6.45) is 0.484. The summed E-state index contributed by atoms with van der Waals surface area (Å²) in [4.78, 5) is 27.3. The molecule has 38 heavy (non-hydrogen) atoms. The second-order valence-corrected chi connectivity index (χ2v) is 8.57. The number of aryl methyl sites for hydroxylation is 1. The van der Waals surface area contributed by atoms with Gasteiger partial charge in [0.15, 0.2) is 0 Å². The Bertz CT molecular complexity index is 1750. The van der Waals surface area contributed by atoms with Crippen LogP contribution in [-0.2, 0) is 0 Å². The zero-order chi connectivity index (χ0) is 26.8. The lowest BCUT2D eigenvalue weighted by atomic mass is 10.1. The van der Waals surface area contributed by atoms with Crippen LogP contribution in [0.4, 0.5) is 11.6 Å². The van der Waals surface area contributed by atoms with Crippen molar-refractivity contribution in [3.8, 4) is 29.0 Å². The van der Waals surface area contributed by atoms with E-state index in [2.05, 4.69) is 37.3 Å². The molecule has 0 aliphatic heterocycles. The summed E-state index contributed by atoms with van der Waals surface area (Å²) in [6.45, 7) is 5.09. The van der Waals surface area contributed by atoms with Crippen LogP contribution in [0, 0.1) is 18.8 Å². The Morgan fingerprint density at radius 1 is 1.08 bits per heavy atom. The van der Waals surface area contributed by atoms with E-state index in [0.717, 1.165) is 0 Å². The Morgan fingerprint density at radius 2 is 1.87 bits per heavy atom. The number of hydrogen-bond donors (Lipinski definition) is 3. The third kappa shape index (κ3) is 4.68. The van der Waals surface area contributed by atoms with E-state index in [0.29, 0.717) is 45.3 Å². The van der Waals surface area contributed by atoms with Crippen LogP contribution in [0.1, 0.15) is 37.2 Å². The first kappa shape index (κ1) is 24.6. The normalized spacial score (nSPS) is 12.5. The van der Waals surface area contributed by atoms with Crippen LogP contribution in [0.3, 0.4) is 0 Å². The highest BCUT2D eigenvalue weighted by Gasteiger charge is 2.23. The summed E-state index contributed by atoms with van der Waals surface area (Å²) < 4.78 is 7.11. The van der Waals surface area contributed by atoms with Gasteiger partial charge in [-0.1, -0.05) is 36.1 Å². The second kappa shape index (κ2) is 10.1. The molecule has 0 aliphatic carbocycles. The number of aliphatic hydroxyl groups excluding tert-OH is 1. The molecule has 2 atom stereocenters. The van der Waals surface area contributed by atoms with Crippen LogP contribution in [0.15, 0.2) is 64.1 Å². The number of nitrogens with two attached hydrogens (primary N) is 1. The Morgan fingerprint density at radius 3 is 2.58 bits per heavy atom. The number of para-hydroxylation sites is 1. The van der Waals surface area contributed by atoms with Gasteiger partial charge in [0, 0.05) is 12.5 Å². The third-order valence-electron chi connectivity index (χ3n) is 5.71. The van der Waals surface area contributed by atoms with Crippen molar-refractivity contribution in [3.63, 3.8) is 0 Å². The fraction of sp³-hybridized carbons (Fsp3) is 0.185. The molecule has 0 saturated carbocycles. The molecule has 5 aromatic rings. The Labute approximate surface area is 217 Å². The van der Waals surface area contributed by atoms with Crippen LogP contribution in [0.2, 0.25) is 0 Å². The monoisotopic (exact) mass is 508 g/mol. The zero-order valence-corrected chi connectivity index (χ0v) is 20.9. The highest BCUT2D eigenvalue weighted by Crippen LogP contribution is 2.32. The fourth-order valence-corrected chi connectivity index (χ4v) is 4.04. The molecule has 0 aliphatic rings. The lowest BCUT2D eigenvalue weighted by Crippen LogP contribution is -2.28. The van der Waals surface area contributed by atoms with Crippen LogP contribution >= 0.6 is 0 Å². The zero-order valence-electron chi connectivity index (χ0n) is 20.9. The summed E-state index contributed by atoms with van der Waals surface area (Å²) in [6, 6.07) is 13.9. The van der Waals surface area contributed by atoms with Crippen LogP contribution < -0.4 is 16.6 Å². The van der Waals surface area contributed by atoms with Crippen molar-refractivity contribution in [1.29, 1.82) is 0 Å². The van der Waals surface area contributed by atoms with E-state index in [1.807, 2.05) is 37.3 Å². The van der Waals surface area contributed by atoms with E-state index in [1.54, 1.807) is 32.0 Å². The van der Waals surface area contributed by atoms with Gasteiger partial charge < -0.3 is 20.6 Å². The van der Waals surface area contributed by atoms with Gasteiger partial charge >= 0.3 is 0 Å². The number of hydrogen-bond acceptors (Lipinski definition) is 10. The van der Waals surface area contributed by atoms with Gasteiger partial charge in [-0.25, -0.2) is 15.0 Å². The maximum absolute atomic E-state index is 14.0. The standard InChI is InChI=1S/C27H24N8O3/c1-15(36)12-13-18-8-7-11-20-21(18)27(37)35(19-9-5-4-6-10-19)25(32-20)16(2)31-24-22(23(28)29-14-30-24)26-34-33-17(3)38-26/h4-11,14-16,36H,1-3H3,(H3,28,29,30,31). The average Bonchev–Trinajstić information content (AvgIpc) is 3.33. The molecule has 3 heterocycles. The van der Waals surface area contributed by atoms with Gasteiger partial charge in [0.2, 0.25) is 5.89 Å². The van der Waals surface area contributed by atoms with Crippen LogP contribution in [0.5, 0.6) is 0 Å². The Hall–Kier alpha value is -5.08. The second-order valence-electron chi connectivity index (χ2n) is 8.57. The van der Waals surface area contributed by atoms with Gasteiger partial charge in [0.05, 0.1) is 22.6 Å². The maximum Gasteiger partial charge on any atom is 0.267 e. The lowest BCUT2D eigenvalue weighted by Gasteiger charge is -2.21. The average molecular weight is 509 g/mol. The molecule has 0 bridgehead atoms. The number of nitrogens with one attached hydrogen (secondary N) is 1. The molecule has 2 aromatic carbocycles. The predicted molar refractivity (Wildman–Crippen MR) is 142 cm³/mol. The first-order valence-electron chi connectivity index (χ1n) is 11.8. The number of nitrogens with zero attached hydrogens (tertiary/aromatic N) is 6. The summed E-state index contributed by atoms with van der Waals surface area (Å²) in [5.41, 5.74) is 7.78. The number of aromatic nitrogens is 6. The first-order valence-corrected chi connectivity index (χ1v) is 11.8. The summed E-state index contributed by atoms with van der Waals surface area (Å²) in [7, 11) is 0. The SMILES string of the molecule is Cc1nnc(-c2c(N)ncnc2NC(C)c2nc3cccc(C#CC(C)O)c3c(=O)n2-c2ccccc2)o1. The molecule has 0 spiro atoms. The molecule has 190 valence electrons. The summed E-state index contributed by atoms with van der Waals surface area (Å²) >= 11 is 0. The van der Waals surface area contributed by atoms with E-state index in [9.17, 15) is 9.90 Å². The number of aliphatic hydroxyl groups is 1. The minimum Gasteiger partial charge on any atom is -0.421 e. The van der Waals surface area contributed by atoms with Gasteiger partial charge in [-0.3, -0.25) is 9.36 Å². The van der Waals surface area contributed by atoms with Gasteiger partial charge in [-0.05, 0) is 38.1 Å². The van der Waals surface area contributed by atoms with Crippen molar-refractivity contribution < 1.29 is 9.52 Å². The topological polar surface area (TPSA) is 158 Å². The molecule has 0 saturated heterocycles. The number of anilines is 2. The minimum atomic E-state index is -0.838. The summed E-state index contributed by atoms with van der Waals surface area (Å²) in [5, 5.41) is 21.2. The molecule has 4 N–H and O–H groups in total. The van der Waals surface area contributed by atoms with Crippen LogP contribution in [0.25, 0.3) is 28.0 Å². The number of benzene rings is 2. The van der Waals surface area contributed by atoms with Gasteiger partial charge in [-0.2, -0.15) is 0 Å². The molecule has 2 unspecified atom stereocenters. The molecular weight excluding hydrogens is 484 g/mol. The third-order valence-corrected chi connectivity index (χ3v) is 5.71. The van der Waals surface area contributed by atoms with E-state index >= 15 is 0 Å². The predicted octanol–water partition coefficient (Wildman–Crippen LogP) is 3.02. The summed E-state index contributed by atoms with van der Waals surface area (Å²) in [5.74, 6) is 7.09. The lowest BCUT2D eigenvalue weighted by molar-refractivity contribution is 0.253. The van der Waals surface area contributed by atoms with Gasteiger partial charge in [0.25, 0.3) is 11.4 Å². The smallest absolute Gasteiger partial charge is 0.267 e. The molecular formula is C27H24N8O3. The highest BCUT2D eigenvalue weighted by molar-refractivity contribution is 5.85. The van der Waals surface area contributed by atoms with E-state index in [4.69, 9.17) is 15.1 Å². The molecule has 0 radical (unpaired) electrons. The molecule has 11 heteroatoms. The van der Waals surface area contributed by atoms with Crippen molar-refractivity contribution in [2.75, 3.05) is 11.1 Å². The van der Waals surface area contributed by atoms with Crippen molar-refractivity contribution in [2.24, 2.45) is 0 Å². The number of fused-ring (bicyclic) bond motifs is 1. The first-order chi connectivity index (χ1) is 18.3. The van der Waals surface area contributed by atoms with E-state index < -0.39 is 12.1 Å². The Kier molecular flexibility index (Phi) is 6.55. The Balaban J connectivity index is 1.69. The number of nitrogen functional groups attached to an aromatic ring is 1. The molecule has 3 aromatic heterocycles. The van der Waals surface area contributed by atoms with E-state index in [1.165, 1.54) is 10.9 Å². The molecule has 11 nitrogen and oxygen atoms in total. The van der Waals surface area contributed by atoms with Crippen LogP contribution in [-0.4, -0.2) is 40.9 Å². The van der Waals surface area contributed by atoms with Crippen molar-refractivity contribution in [2.45, 2.75) is 32.9 Å². The largest absolute Gasteiger partial charge is 0.421 e. The van der Waals surface area contributed by atoms with Gasteiger partial charge in [0.1, 0.15) is 35.5 Å². The van der Waals surface area contributed by atoms with Crippen molar-refractivity contribution in [3.05, 3.63) is 82.5 Å². The minimum absolute atomic E-state index is 0.159. The van der Waals surface area contributed by atoms with Crippen molar-refractivity contribution in [1.82, 2.24) is 29.7 Å². The quantitative estimate of drug-likeness (QED) is 0.301. The van der Waals surface area contributed by atoms with Gasteiger partial charge in [-0.15, -0.1) is 10.2 Å². The molecule has 0 fully saturated rings. The van der Waals surface area contributed by atoms with E-state index in [-0.39, 0.29) is 17.3 Å². The highest BCUT2D eigenvalue weighted by atomic mass is 16.4. The number of rotatable bonds is 5.